The summed E-state index contributed by atoms with van der Waals surface area (Å²) in [5.74, 6) is -1.03. The summed E-state index contributed by atoms with van der Waals surface area (Å²) in [5, 5.41) is 0.142. The molecular weight excluding hydrogens is 303 g/mol. The number of ketones is 1. The molecule has 0 unspecified atom stereocenters. The van der Waals surface area contributed by atoms with Crippen molar-refractivity contribution in [2.75, 3.05) is 6.26 Å². The van der Waals surface area contributed by atoms with Gasteiger partial charge in [-0.3, -0.25) is 4.79 Å². The van der Waals surface area contributed by atoms with Gasteiger partial charge in [-0.05, 0) is 42.5 Å². The van der Waals surface area contributed by atoms with E-state index in [9.17, 15) is 17.6 Å². The van der Waals surface area contributed by atoms with Crippen LogP contribution >= 0.6 is 11.6 Å². The molecule has 0 heterocycles. The Bertz CT molecular complexity index is 768. The van der Waals surface area contributed by atoms with Crippen LogP contribution in [-0.4, -0.2) is 20.5 Å². The van der Waals surface area contributed by atoms with E-state index >= 15 is 0 Å². The predicted molar refractivity (Wildman–Crippen MR) is 74.4 cm³/mol. The quantitative estimate of drug-likeness (QED) is 0.818. The van der Waals surface area contributed by atoms with Crippen molar-refractivity contribution in [1.82, 2.24) is 0 Å². The van der Waals surface area contributed by atoms with Crippen LogP contribution in [0.2, 0.25) is 5.02 Å². The van der Waals surface area contributed by atoms with Crippen LogP contribution in [0.25, 0.3) is 0 Å². The lowest BCUT2D eigenvalue weighted by molar-refractivity contribution is 0.103. The third-order valence-corrected chi connectivity index (χ3v) is 4.18. The molecule has 0 atom stereocenters. The molecule has 3 nitrogen and oxygen atoms in total. The maximum absolute atomic E-state index is 13.2. The van der Waals surface area contributed by atoms with Gasteiger partial charge in [-0.1, -0.05) is 11.6 Å². The Morgan fingerprint density at radius 1 is 1.10 bits per heavy atom. The molecule has 2 rings (SSSR count). The van der Waals surface area contributed by atoms with Gasteiger partial charge in [0.1, 0.15) is 5.82 Å². The molecular formula is C14H10ClFO3S. The number of benzene rings is 2. The first-order chi connectivity index (χ1) is 9.29. The molecule has 104 valence electrons. The standard InChI is InChI=1S/C14H10ClFO3S/c1-20(18,19)11-5-2-9(3-6-11)14(17)12-8-10(16)4-7-13(12)15/h2-8H,1H3. The minimum atomic E-state index is -3.32. The van der Waals surface area contributed by atoms with Gasteiger partial charge in [0.15, 0.2) is 15.6 Å². The number of carbonyl (C=O) groups excluding carboxylic acids is 1. The zero-order chi connectivity index (χ0) is 14.9. The third-order valence-electron chi connectivity index (χ3n) is 2.72. The summed E-state index contributed by atoms with van der Waals surface area (Å²) >= 11 is 5.86. The average molecular weight is 313 g/mol. The van der Waals surface area contributed by atoms with Gasteiger partial charge in [-0.2, -0.15) is 0 Å². The summed E-state index contributed by atoms with van der Waals surface area (Å²) in [6.07, 6.45) is 1.08. The fraction of sp³-hybridized carbons (Fsp3) is 0.0714. The second kappa shape index (κ2) is 5.34. The van der Waals surface area contributed by atoms with Crippen LogP contribution in [-0.2, 0) is 9.84 Å². The molecule has 0 N–H and O–H groups in total. The summed E-state index contributed by atoms with van der Waals surface area (Å²) in [6, 6.07) is 8.92. The van der Waals surface area contributed by atoms with Gasteiger partial charge >= 0.3 is 0 Å². The Hall–Kier alpha value is -1.72. The molecule has 0 fully saturated rings. The van der Waals surface area contributed by atoms with Gasteiger partial charge < -0.3 is 0 Å². The summed E-state index contributed by atoms with van der Waals surface area (Å²) in [7, 11) is -3.32. The molecule has 0 spiro atoms. The number of halogens is 2. The van der Waals surface area contributed by atoms with Gasteiger partial charge in [0.2, 0.25) is 0 Å². The fourth-order valence-electron chi connectivity index (χ4n) is 1.68. The van der Waals surface area contributed by atoms with Crippen LogP contribution in [0.4, 0.5) is 4.39 Å². The Morgan fingerprint density at radius 3 is 2.25 bits per heavy atom. The zero-order valence-corrected chi connectivity index (χ0v) is 12.0. The van der Waals surface area contributed by atoms with Crippen molar-refractivity contribution in [3.05, 3.63) is 64.4 Å². The van der Waals surface area contributed by atoms with Crippen LogP contribution in [0, 0.1) is 5.82 Å². The molecule has 0 saturated carbocycles. The lowest BCUT2D eigenvalue weighted by atomic mass is 10.0. The monoisotopic (exact) mass is 312 g/mol. The lowest BCUT2D eigenvalue weighted by Crippen LogP contribution is -2.04. The van der Waals surface area contributed by atoms with Gasteiger partial charge in [-0.15, -0.1) is 0 Å². The van der Waals surface area contributed by atoms with Crippen LogP contribution in [0.1, 0.15) is 15.9 Å². The minimum Gasteiger partial charge on any atom is -0.289 e. The second-order valence-electron chi connectivity index (χ2n) is 4.25. The van der Waals surface area contributed by atoms with E-state index in [1.807, 2.05) is 0 Å². The SMILES string of the molecule is CS(=O)(=O)c1ccc(C(=O)c2cc(F)ccc2Cl)cc1. The Kier molecular flexibility index (Phi) is 3.92. The minimum absolute atomic E-state index is 0.0405. The highest BCUT2D eigenvalue weighted by atomic mass is 35.5. The van der Waals surface area contributed by atoms with Crippen LogP contribution < -0.4 is 0 Å². The maximum Gasteiger partial charge on any atom is 0.194 e. The summed E-state index contributed by atoms with van der Waals surface area (Å²) in [6.45, 7) is 0. The zero-order valence-electron chi connectivity index (χ0n) is 10.4. The largest absolute Gasteiger partial charge is 0.289 e. The van der Waals surface area contributed by atoms with E-state index in [0.717, 1.165) is 18.4 Å². The Labute approximate surface area is 120 Å². The van der Waals surface area contributed by atoms with Crippen molar-refractivity contribution in [3.8, 4) is 0 Å². The van der Waals surface area contributed by atoms with Gasteiger partial charge in [-0.25, -0.2) is 12.8 Å². The van der Waals surface area contributed by atoms with E-state index in [4.69, 9.17) is 11.6 Å². The second-order valence-corrected chi connectivity index (χ2v) is 6.67. The average Bonchev–Trinajstić information content (AvgIpc) is 2.40. The molecule has 2 aromatic carbocycles. The first-order valence-corrected chi connectivity index (χ1v) is 7.86. The molecule has 0 aliphatic heterocycles. The smallest absolute Gasteiger partial charge is 0.194 e. The van der Waals surface area contributed by atoms with Gasteiger partial charge in [0, 0.05) is 17.4 Å². The van der Waals surface area contributed by atoms with Crippen molar-refractivity contribution >= 4 is 27.2 Å². The van der Waals surface area contributed by atoms with Crippen LogP contribution in [0.15, 0.2) is 47.4 Å². The molecule has 0 aromatic heterocycles. The first kappa shape index (κ1) is 14.7. The van der Waals surface area contributed by atoms with Crippen LogP contribution in [0.5, 0.6) is 0 Å². The summed E-state index contributed by atoms with van der Waals surface area (Å²) < 4.78 is 35.8. The van der Waals surface area contributed by atoms with Crippen molar-refractivity contribution in [2.45, 2.75) is 4.90 Å². The number of sulfone groups is 1. The molecule has 2 aromatic rings. The molecule has 0 aliphatic rings. The number of carbonyl (C=O) groups is 1. The normalized spacial score (nSPS) is 11.3. The number of rotatable bonds is 3. The van der Waals surface area contributed by atoms with Gasteiger partial charge in [0.05, 0.1) is 9.92 Å². The maximum atomic E-state index is 13.2. The summed E-state index contributed by atoms with van der Waals surface area (Å²) in [4.78, 5) is 12.3. The van der Waals surface area contributed by atoms with Crippen molar-refractivity contribution < 1.29 is 17.6 Å². The molecule has 0 saturated heterocycles. The van der Waals surface area contributed by atoms with E-state index in [0.29, 0.717) is 0 Å². The highest BCUT2D eigenvalue weighted by Gasteiger charge is 2.15. The molecule has 20 heavy (non-hydrogen) atoms. The third kappa shape index (κ3) is 3.05. The van der Waals surface area contributed by atoms with E-state index < -0.39 is 21.4 Å². The molecule has 0 bridgehead atoms. The fourth-order valence-corrected chi connectivity index (χ4v) is 2.51. The van der Waals surface area contributed by atoms with Crippen LogP contribution in [0.3, 0.4) is 0 Å². The van der Waals surface area contributed by atoms with E-state index in [-0.39, 0.29) is 21.0 Å². The molecule has 0 aliphatic carbocycles. The number of hydrogen-bond acceptors (Lipinski definition) is 3. The highest BCUT2D eigenvalue weighted by molar-refractivity contribution is 7.90. The first-order valence-electron chi connectivity index (χ1n) is 5.59. The van der Waals surface area contributed by atoms with Crippen molar-refractivity contribution in [1.29, 1.82) is 0 Å². The lowest BCUT2D eigenvalue weighted by Gasteiger charge is -2.05. The number of hydrogen-bond donors (Lipinski definition) is 0. The van der Waals surface area contributed by atoms with Crippen molar-refractivity contribution in [2.24, 2.45) is 0 Å². The van der Waals surface area contributed by atoms with Gasteiger partial charge in [0.25, 0.3) is 0 Å². The Morgan fingerprint density at radius 2 is 1.70 bits per heavy atom. The molecule has 0 radical (unpaired) electrons. The van der Waals surface area contributed by atoms with Crippen molar-refractivity contribution in [3.63, 3.8) is 0 Å². The van der Waals surface area contributed by atoms with E-state index in [1.165, 1.54) is 30.3 Å². The summed E-state index contributed by atoms with van der Waals surface area (Å²) in [5.41, 5.74) is 0.281. The Balaban J connectivity index is 2.42. The van der Waals surface area contributed by atoms with E-state index in [1.54, 1.807) is 0 Å². The molecule has 6 heteroatoms. The van der Waals surface area contributed by atoms with E-state index in [2.05, 4.69) is 0 Å². The highest BCUT2D eigenvalue weighted by Crippen LogP contribution is 2.21. The topological polar surface area (TPSA) is 51.2 Å². The predicted octanol–water partition coefficient (Wildman–Crippen LogP) is 3.11. The molecule has 0 amide bonds.